The van der Waals surface area contributed by atoms with Crippen LogP contribution in [0, 0.1) is 0 Å². The number of rotatable bonds is 4. The van der Waals surface area contributed by atoms with Crippen molar-refractivity contribution in [1.29, 1.82) is 0 Å². The van der Waals surface area contributed by atoms with E-state index < -0.39 is 0 Å². The van der Waals surface area contributed by atoms with Gasteiger partial charge in [-0.2, -0.15) is 0 Å². The second-order valence-electron chi connectivity index (χ2n) is 9.06. The Kier molecular flexibility index (Phi) is 5.50. The third kappa shape index (κ3) is 4.23. The number of anilines is 2. The molecule has 0 bridgehead atoms. The third-order valence-corrected chi connectivity index (χ3v) is 6.82. The quantitative estimate of drug-likeness (QED) is 0.657. The summed E-state index contributed by atoms with van der Waals surface area (Å²) in [4.78, 5) is 11.7. The molecule has 3 aromatic rings. The second-order valence-corrected chi connectivity index (χ2v) is 9.06. The van der Waals surface area contributed by atoms with Crippen molar-refractivity contribution in [2.75, 3.05) is 26.0 Å². The molecule has 0 spiro atoms. The summed E-state index contributed by atoms with van der Waals surface area (Å²) in [6, 6.07) is 11.3. The van der Waals surface area contributed by atoms with Crippen LogP contribution in [0.5, 0.6) is 5.75 Å². The number of hydrogen-bond donors (Lipinski definition) is 2. The smallest absolute Gasteiger partial charge is 0.227 e. The van der Waals surface area contributed by atoms with Crippen LogP contribution >= 0.6 is 0 Å². The SMILES string of the molecule is COc1cc2c(cc1Nc1ncc3ccc([C@H]4CC[C@H](N)CC4)cc3n1)CN(C)CC2. The average Bonchev–Trinajstić information content (AvgIpc) is 2.78. The molecule has 2 aromatic carbocycles. The second kappa shape index (κ2) is 8.44. The molecule has 31 heavy (non-hydrogen) atoms. The summed E-state index contributed by atoms with van der Waals surface area (Å²) in [5, 5.41) is 4.46. The molecule has 1 aliphatic carbocycles. The van der Waals surface area contributed by atoms with Crippen molar-refractivity contribution < 1.29 is 4.74 Å². The van der Waals surface area contributed by atoms with Gasteiger partial charge in [-0.1, -0.05) is 12.1 Å². The van der Waals surface area contributed by atoms with Crippen LogP contribution in [0.2, 0.25) is 0 Å². The topological polar surface area (TPSA) is 76.3 Å². The van der Waals surface area contributed by atoms with Gasteiger partial charge in [-0.05, 0) is 80.0 Å². The average molecular weight is 418 g/mol. The summed E-state index contributed by atoms with van der Waals surface area (Å²) in [6.45, 7) is 2.02. The van der Waals surface area contributed by atoms with Gasteiger partial charge in [0, 0.05) is 30.7 Å². The number of methoxy groups -OCH3 is 1. The van der Waals surface area contributed by atoms with Gasteiger partial charge in [-0.3, -0.25) is 0 Å². The molecule has 1 aromatic heterocycles. The molecule has 6 nitrogen and oxygen atoms in total. The minimum atomic E-state index is 0.362. The highest BCUT2D eigenvalue weighted by Gasteiger charge is 2.21. The van der Waals surface area contributed by atoms with Gasteiger partial charge < -0.3 is 20.7 Å². The van der Waals surface area contributed by atoms with Crippen LogP contribution in [-0.4, -0.2) is 41.6 Å². The van der Waals surface area contributed by atoms with Crippen LogP contribution in [0.15, 0.2) is 36.5 Å². The Labute approximate surface area is 183 Å². The lowest BCUT2D eigenvalue weighted by Crippen LogP contribution is -2.26. The number of benzene rings is 2. The molecule has 3 N–H and O–H groups in total. The van der Waals surface area contributed by atoms with Gasteiger partial charge in [-0.15, -0.1) is 0 Å². The van der Waals surface area contributed by atoms with E-state index in [0.29, 0.717) is 17.9 Å². The van der Waals surface area contributed by atoms with E-state index in [1.165, 1.54) is 16.7 Å². The zero-order valence-electron chi connectivity index (χ0n) is 18.4. The number of nitrogens with one attached hydrogen (secondary N) is 1. The highest BCUT2D eigenvalue weighted by molar-refractivity contribution is 5.80. The van der Waals surface area contributed by atoms with Crippen LogP contribution in [-0.2, 0) is 13.0 Å². The van der Waals surface area contributed by atoms with E-state index in [2.05, 4.69) is 52.6 Å². The predicted molar refractivity (Wildman–Crippen MR) is 125 cm³/mol. The minimum absolute atomic E-state index is 0.362. The van der Waals surface area contributed by atoms with Crippen molar-refractivity contribution in [2.45, 2.75) is 50.6 Å². The van der Waals surface area contributed by atoms with Crippen molar-refractivity contribution in [2.24, 2.45) is 5.73 Å². The van der Waals surface area contributed by atoms with Gasteiger partial charge >= 0.3 is 0 Å². The Morgan fingerprint density at radius 2 is 1.94 bits per heavy atom. The molecule has 0 saturated heterocycles. The molecule has 1 aliphatic heterocycles. The van der Waals surface area contributed by atoms with Crippen molar-refractivity contribution in [1.82, 2.24) is 14.9 Å². The maximum Gasteiger partial charge on any atom is 0.227 e. The summed E-state index contributed by atoms with van der Waals surface area (Å²) in [5.74, 6) is 2.00. The lowest BCUT2D eigenvalue weighted by atomic mass is 9.82. The van der Waals surface area contributed by atoms with Crippen LogP contribution in [0.1, 0.15) is 48.3 Å². The molecule has 6 heteroatoms. The number of aromatic nitrogens is 2. The zero-order chi connectivity index (χ0) is 21.4. The Morgan fingerprint density at radius 3 is 2.74 bits per heavy atom. The summed E-state index contributed by atoms with van der Waals surface area (Å²) < 4.78 is 5.66. The molecular formula is C25H31N5O. The number of ether oxygens (including phenoxy) is 1. The van der Waals surface area contributed by atoms with Gasteiger partial charge in [0.2, 0.25) is 5.95 Å². The highest BCUT2D eigenvalue weighted by atomic mass is 16.5. The van der Waals surface area contributed by atoms with Crippen molar-refractivity contribution in [3.8, 4) is 5.75 Å². The van der Waals surface area contributed by atoms with Crippen molar-refractivity contribution >= 4 is 22.5 Å². The monoisotopic (exact) mass is 417 g/mol. The zero-order valence-corrected chi connectivity index (χ0v) is 18.4. The number of nitrogens with zero attached hydrogens (tertiary/aromatic N) is 3. The molecule has 1 fully saturated rings. The molecule has 0 atom stereocenters. The van der Waals surface area contributed by atoms with E-state index in [4.69, 9.17) is 15.5 Å². The Bertz CT molecular complexity index is 1090. The largest absolute Gasteiger partial charge is 0.495 e. The van der Waals surface area contributed by atoms with Crippen LogP contribution in [0.25, 0.3) is 10.9 Å². The molecule has 0 radical (unpaired) electrons. The Hall–Kier alpha value is -2.70. The minimum Gasteiger partial charge on any atom is -0.495 e. The maximum atomic E-state index is 6.09. The number of nitrogens with two attached hydrogens (primary N) is 1. The predicted octanol–water partition coefficient (Wildman–Crippen LogP) is 4.35. The van der Waals surface area contributed by atoms with Crippen LogP contribution < -0.4 is 15.8 Å². The molecule has 0 unspecified atom stereocenters. The normalized spacial score (nSPS) is 21.6. The molecular weight excluding hydrogens is 386 g/mol. The van der Waals surface area contributed by atoms with Crippen LogP contribution in [0.4, 0.5) is 11.6 Å². The Morgan fingerprint density at radius 1 is 1.10 bits per heavy atom. The summed E-state index contributed by atoms with van der Waals surface area (Å²) in [5.41, 5.74) is 12.0. The fourth-order valence-electron chi connectivity index (χ4n) is 4.92. The Balaban J connectivity index is 1.43. The lowest BCUT2D eigenvalue weighted by Gasteiger charge is -2.26. The molecule has 2 aliphatic rings. The van der Waals surface area contributed by atoms with Gasteiger partial charge in [-0.25, -0.2) is 9.97 Å². The molecule has 162 valence electrons. The first kappa shape index (κ1) is 20.2. The summed E-state index contributed by atoms with van der Waals surface area (Å²) >= 11 is 0. The first-order valence-electron chi connectivity index (χ1n) is 11.3. The van der Waals surface area contributed by atoms with E-state index in [1.807, 2.05) is 6.20 Å². The van der Waals surface area contributed by atoms with E-state index in [0.717, 1.165) is 67.5 Å². The maximum absolute atomic E-state index is 6.09. The molecule has 2 heterocycles. The van der Waals surface area contributed by atoms with Crippen LogP contribution in [0.3, 0.4) is 0 Å². The molecule has 5 rings (SSSR count). The van der Waals surface area contributed by atoms with Gasteiger partial charge in [0.1, 0.15) is 5.75 Å². The number of hydrogen-bond acceptors (Lipinski definition) is 6. The van der Waals surface area contributed by atoms with E-state index in [-0.39, 0.29) is 0 Å². The van der Waals surface area contributed by atoms with E-state index in [1.54, 1.807) is 7.11 Å². The standard InChI is InChI=1S/C25H31N5O/c1-30-10-9-18-13-24(31-2)23(12-20(18)15-30)29-25-27-14-19-4-3-17(11-22(19)28-25)16-5-7-21(26)8-6-16/h3-4,11-14,16,21H,5-10,15,26H2,1-2H3,(H,27,28,29)/t16-,21-. The van der Waals surface area contributed by atoms with Gasteiger partial charge in [0.15, 0.2) is 0 Å². The first-order valence-corrected chi connectivity index (χ1v) is 11.3. The van der Waals surface area contributed by atoms with Crippen molar-refractivity contribution in [3.63, 3.8) is 0 Å². The summed E-state index contributed by atoms with van der Waals surface area (Å²) in [7, 11) is 3.87. The number of fused-ring (bicyclic) bond motifs is 2. The first-order chi connectivity index (χ1) is 15.1. The summed E-state index contributed by atoms with van der Waals surface area (Å²) in [6.07, 6.45) is 7.46. The lowest BCUT2D eigenvalue weighted by molar-refractivity contribution is 0.312. The van der Waals surface area contributed by atoms with E-state index >= 15 is 0 Å². The van der Waals surface area contributed by atoms with E-state index in [9.17, 15) is 0 Å². The fraction of sp³-hybridized carbons (Fsp3) is 0.440. The third-order valence-electron chi connectivity index (χ3n) is 6.82. The molecule has 1 saturated carbocycles. The van der Waals surface area contributed by atoms with Gasteiger partial charge in [0.05, 0.1) is 18.3 Å². The fourth-order valence-corrected chi connectivity index (χ4v) is 4.92. The number of likely N-dealkylation sites (N-methyl/N-ethyl adjacent to an activating group) is 1. The van der Waals surface area contributed by atoms with Gasteiger partial charge in [0.25, 0.3) is 0 Å². The molecule has 0 amide bonds. The highest BCUT2D eigenvalue weighted by Crippen LogP contribution is 2.35. The van der Waals surface area contributed by atoms with Crippen molar-refractivity contribution in [3.05, 3.63) is 53.2 Å².